The molecule has 1 aromatic carbocycles. The van der Waals surface area contributed by atoms with Crippen LogP contribution in [-0.2, 0) is 9.78 Å². The van der Waals surface area contributed by atoms with E-state index < -0.39 is 5.39 Å². The van der Waals surface area contributed by atoms with Crippen LogP contribution in [0.25, 0.3) is 0 Å². The molecule has 0 aliphatic carbocycles. The summed E-state index contributed by atoms with van der Waals surface area (Å²) in [6.45, 7) is 0. The molecule has 1 unspecified atom stereocenters. The highest BCUT2D eigenvalue weighted by Crippen LogP contribution is 2.10. The van der Waals surface area contributed by atoms with Gasteiger partial charge in [-0.3, -0.25) is 11.3 Å². The Morgan fingerprint density at radius 2 is 1.87 bits per heavy atom. The molecule has 1 rings (SSSR count). The Balaban J connectivity index is 2.31. The van der Waals surface area contributed by atoms with Gasteiger partial charge in [0, 0.05) is 5.69 Å². The fraction of sp³-hybridized carbons (Fsp3) is 0.143. The third-order valence-electron chi connectivity index (χ3n) is 1.55. The number of anilines is 2. The Morgan fingerprint density at radius 3 is 2.40 bits per heavy atom. The maximum Gasteiger partial charge on any atom is 0.1000 e. The van der Waals surface area contributed by atoms with E-state index in [9.17, 15) is 5.21 Å². The lowest BCUT2D eigenvalue weighted by Crippen LogP contribution is -3.06. The quantitative estimate of drug-likeness (QED) is 0.296. The van der Waals surface area contributed by atoms with E-state index >= 15 is 0 Å². The highest BCUT2D eigenvalue weighted by Gasteiger charge is 1.95. The Morgan fingerprint density at radius 1 is 1.27 bits per heavy atom. The fourth-order valence-corrected chi connectivity index (χ4v) is 0.818. The second kappa shape index (κ2) is 6.14. The highest BCUT2D eigenvalue weighted by molar-refractivity contribution is 5.52. The van der Waals surface area contributed by atoms with Crippen molar-refractivity contribution in [2.75, 3.05) is 18.0 Å². The molecule has 8 nitrogen and oxygen atoms in total. The van der Waals surface area contributed by atoms with E-state index in [1.807, 2.05) is 0 Å². The topological polar surface area (TPSA) is 108 Å². The summed E-state index contributed by atoms with van der Waals surface area (Å²) in [5, 5.41) is 9.70. The van der Waals surface area contributed by atoms with Crippen LogP contribution in [0.4, 0.5) is 11.4 Å². The Bertz CT molecular complexity index is 280. The third kappa shape index (κ3) is 4.08. The molecule has 1 atom stereocenters. The van der Waals surface area contributed by atoms with E-state index in [0.717, 1.165) is 5.69 Å². The summed E-state index contributed by atoms with van der Waals surface area (Å²) >= 11 is 0. The average molecular weight is 215 g/mol. The summed E-state index contributed by atoms with van der Waals surface area (Å²) in [6, 6.07) is 6.98. The van der Waals surface area contributed by atoms with Gasteiger partial charge >= 0.3 is 0 Å². The number of hydrogen-bond donors (Lipinski definition) is 5. The van der Waals surface area contributed by atoms with E-state index in [-0.39, 0.29) is 0 Å². The van der Waals surface area contributed by atoms with Crippen molar-refractivity contribution in [3.8, 4) is 0 Å². The van der Waals surface area contributed by atoms with Gasteiger partial charge in [0.25, 0.3) is 0 Å². The molecule has 0 saturated heterocycles. The fourth-order valence-electron chi connectivity index (χ4n) is 0.818. The lowest BCUT2D eigenvalue weighted by Gasteiger charge is -2.15. The summed E-state index contributed by atoms with van der Waals surface area (Å²) in [4.78, 5) is 8.62. The van der Waals surface area contributed by atoms with Crippen LogP contribution >= 0.6 is 0 Å². The number of benzene rings is 1. The molecule has 15 heavy (non-hydrogen) atoms. The molecule has 0 aromatic heterocycles. The number of nitrogens with one attached hydrogen (secondary N) is 4. The van der Waals surface area contributed by atoms with Gasteiger partial charge in [-0.05, 0) is 24.3 Å². The molecule has 0 bridgehead atoms. The predicted octanol–water partition coefficient (Wildman–Crippen LogP) is -1.32. The van der Waals surface area contributed by atoms with Gasteiger partial charge < -0.3 is 10.6 Å². The van der Waals surface area contributed by atoms with Crippen molar-refractivity contribution < 1.29 is 15.2 Å². The van der Waals surface area contributed by atoms with Crippen LogP contribution < -0.4 is 27.7 Å². The number of hydrazine groups is 2. The molecule has 0 heterocycles. The van der Waals surface area contributed by atoms with Gasteiger partial charge in [-0.15, -0.1) is 0 Å². The van der Waals surface area contributed by atoms with Crippen molar-refractivity contribution in [3.63, 3.8) is 0 Å². The third-order valence-corrected chi connectivity index (χ3v) is 1.55. The van der Waals surface area contributed by atoms with Crippen LogP contribution in [0.15, 0.2) is 24.3 Å². The molecular formula is C7H13N5O3. The zero-order valence-electron chi connectivity index (χ0n) is 8.11. The van der Waals surface area contributed by atoms with Crippen molar-refractivity contribution in [1.82, 2.24) is 5.59 Å². The molecule has 0 saturated carbocycles. The first-order valence-electron chi connectivity index (χ1n) is 4.08. The molecule has 1 aromatic rings. The van der Waals surface area contributed by atoms with Crippen LogP contribution in [0, 0.1) is 5.21 Å². The minimum Gasteiger partial charge on any atom is -0.564 e. The monoisotopic (exact) mass is 215 g/mol. The van der Waals surface area contributed by atoms with Crippen molar-refractivity contribution in [2.45, 2.75) is 0 Å². The van der Waals surface area contributed by atoms with Crippen molar-refractivity contribution in [3.05, 3.63) is 29.5 Å². The summed E-state index contributed by atoms with van der Waals surface area (Å²) in [5.74, 6) is 5.19. The van der Waals surface area contributed by atoms with E-state index in [2.05, 4.69) is 26.2 Å². The summed E-state index contributed by atoms with van der Waals surface area (Å²) in [7, 11) is 1.21. The first-order valence-corrected chi connectivity index (χ1v) is 4.08. The zero-order chi connectivity index (χ0) is 11.1. The number of quaternary nitrogens is 1. The molecule has 0 radical (unpaired) electrons. The average Bonchev–Trinajstić information content (AvgIpc) is 2.29. The van der Waals surface area contributed by atoms with Gasteiger partial charge in [-0.25, -0.2) is 0 Å². The van der Waals surface area contributed by atoms with Gasteiger partial charge in [-0.2, -0.15) is 4.84 Å². The second-order valence-corrected chi connectivity index (χ2v) is 2.50. The van der Waals surface area contributed by atoms with Crippen molar-refractivity contribution in [2.24, 2.45) is 5.84 Å². The van der Waals surface area contributed by atoms with Crippen LogP contribution in [-0.4, -0.2) is 7.11 Å². The first-order chi connectivity index (χ1) is 7.26. The molecule has 6 N–H and O–H groups in total. The molecule has 0 aliphatic heterocycles. The summed E-state index contributed by atoms with van der Waals surface area (Å²) in [6.07, 6.45) is 0. The maximum absolute atomic E-state index is 10.5. The molecule has 0 fully saturated rings. The van der Waals surface area contributed by atoms with Crippen LogP contribution in [0.2, 0.25) is 0 Å². The number of rotatable bonds is 6. The smallest absolute Gasteiger partial charge is 0.1000 e. The Kier molecular flexibility index (Phi) is 4.77. The SMILES string of the molecule is CO[NH+]([O-])ONNc1ccc(NN)cc1. The van der Waals surface area contributed by atoms with Crippen LogP contribution in [0.1, 0.15) is 0 Å². The lowest BCUT2D eigenvalue weighted by molar-refractivity contribution is -1.21. The van der Waals surface area contributed by atoms with Gasteiger partial charge in [0.15, 0.2) is 0 Å². The summed E-state index contributed by atoms with van der Waals surface area (Å²) in [5.41, 5.74) is 8.80. The molecule has 0 aliphatic rings. The zero-order valence-corrected chi connectivity index (χ0v) is 8.11. The van der Waals surface area contributed by atoms with Crippen LogP contribution in [0.3, 0.4) is 0 Å². The summed E-state index contributed by atoms with van der Waals surface area (Å²) < 4.78 is 0. The second-order valence-electron chi connectivity index (χ2n) is 2.50. The Labute approximate surface area is 86.3 Å². The van der Waals surface area contributed by atoms with E-state index in [4.69, 9.17) is 5.84 Å². The molecule has 84 valence electrons. The van der Waals surface area contributed by atoms with E-state index in [1.54, 1.807) is 24.3 Å². The van der Waals surface area contributed by atoms with E-state index in [1.165, 1.54) is 7.11 Å². The number of hydrogen-bond acceptors (Lipinski definition) is 7. The highest BCUT2D eigenvalue weighted by atomic mass is 17.2. The van der Waals surface area contributed by atoms with Crippen LogP contribution in [0.5, 0.6) is 0 Å². The molecule has 8 heteroatoms. The normalized spacial score (nSPS) is 12.2. The minimum absolute atomic E-state index is 0.706. The first kappa shape index (κ1) is 11.7. The van der Waals surface area contributed by atoms with Crippen molar-refractivity contribution >= 4 is 11.4 Å². The number of nitrogen functional groups attached to an aromatic ring is 1. The van der Waals surface area contributed by atoms with Gasteiger partial charge in [0.2, 0.25) is 0 Å². The minimum atomic E-state index is -0.831. The van der Waals surface area contributed by atoms with Gasteiger partial charge in [-0.1, -0.05) is 15.9 Å². The lowest BCUT2D eigenvalue weighted by atomic mass is 10.3. The molecular weight excluding hydrogens is 202 g/mol. The van der Waals surface area contributed by atoms with Gasteiger partial charge in [0.05, 0.1) is 12.8 Å². The van der Waals surface area contributed by atoms with Crippen molar-refractivity contribution in [1.29, 1.82) is 0 Å². The van der Waals surface area contributed by atoms with E-state index in [0.29, 0.717) is 5.69 Å². The predicted molar refractivity (Wildman–Crippen MR) is 53.4 cm³/mol. The standard InChI is InChI=1S/C7H13N5O3/c1-14-12(13)15-11-10-7-4-2-6(9-8)3-5-7/h2-5,9-12H,8H2,1H3. The Hall–Kier alpha value is -1.42. The molecule has 0 amide bonds. The van der Waals surface area contributed by atoms with Gasteiger partial charge in [0.1, 0.15) is 0 Å². The molecule has 0 spiro atoms. The largest absolute Gasteiger partial charge is 0.564 e. The number of nitrogens with two attached hydrogens (primary N) is 1. The maximum atomic E-state index is 10.5.